The zero-order valence-electron chi connectivity index (χ0n) is 14.2. The Bertz CT molecular complexity index is 885. The van der Waals surface area contributed by atoms with Crippen LogP contribution in [-0.2, 0) is 16.1 Å². The van der Waals surface area contributed by atoms with Crippen LogP contribution in [0.1, 0.15) is 12.0 Å². The van der Waals surface area contributed by atoms with E-state index in [2.05, 4.69) is 4.98 Å². The predicted octanol–water partition coefficient (Wildman–Crippen LogP) is 2.55. The summed E-state index contributed by atoms with van der Waals surface area (Å²) in [5.41, 5.74) is 5.51. The van der Waals surface area contributed by atoms with Crippen LogP contribution < -0.4 is 10.6 Å². The van der Waals surface area contributed by atoms with E-state index in [-0.39, 0.29) is 54.5 Å². The van der Waals surface area contributed by atoms with Crippen molar-refractivity contribution in [2.75, 3.05) is 18.0 Å². The predicted molar refractivity (Wildman–Crippen MR) is 93.0 cm³/mol. The summed E-state index contributed by atoms with van der Waals surface area (Å²) in [7, 11) is 0. The number of alkyl halides is 1. The van der Waals surface area contributed by atoms with E-state index < -0.39 is 23.8 Å². The van der Waals surface area contributed by atoms with E-state index >= 15 is 0 Å². The standard InChI is InChI=1S/C18H17F3N4O2/c19-12-7-25(8-12)18-14(20)4-11(6-24-18)13-3-1-2-10(17(13)21)9-27-16(26)5-15(22)23/h1-4,6,12H,5,7-9H2,(H3,22,23). The van der Waals surface area contributed by atoms with Crippen LogP contribution >= 0.6 is 0 Å². The van der Waals surface area contributed by atoms with E-state index in [9.17, 15) is 18.0 Å². The molecule has 1 aliphatic rings. The molecule has 0 spiro atoms. The number of carbonyl (C=O) groups excluding carboxylic acids is 1. The Labute approximate surface area is 153 Å². The average molecular weight is 378 g/mol. The van der Waals surface area contributed by atoms with Gasteiger partial charge in [-0.3, -0.25) is 10.2 Å². The van der Waals surface area contributed by atoms with Crippen LogP contribution in [0.15, 0.2) is 30.5 Å². The van der Waals surface area contributed by atoms with Crippen molar-refractivity contribution in [3.05, 3.63) is 47.7 Å². The van der Waals surface area contributed by atoms with Gasteiger partial charge < -0.3 is 15.4 Å². The number of hydrogen-bond donors (Lipinski definition) is 2. The number of anilines is 1. The number of halogens is 3. The van der Waals surface area contributed by atoms with E-state index in [0.29, 0.717) is 0 Å². The van der Waals surface area contributed by atoms with E-state index in [1.54, 1.807) is 6.07 Å². The van der Waals surface area contributed by atoms with Crippen molar-refractivity contribution in [2.24, 2.45) is 5.73 Å². The molecule has 2 heterocycles. The molecule has 1 aromatic heterocycles. The molecule has 0 saturated carbocycles. The first-order chi connectivity index (χ1) is 12.8. The molecule has 2 aromatic rings. The van der Waals surface area contributed by atoms with Crippen molar-refractivity contribution < 1.29 is 22.7 Å². The van der Waals surface area contributed by atoms with E-state index in [0.717, 1.165) is 6.07 Å². The molecule has 9 heteroatoms. The highest BCUT2D eigenvalue weighted by molar-refractivity contribution is 5.94. The fourth-order valence-electron chi connectivity index (χ4n) is 2.69. The van der Waals surface area contributed by atoms with Crippen molar-refractivity contribution in [3.8, 4) is 11.1 Å². The third kappa shape index (κ3) is 4.18. The Morgan fingerprint density at radius 2 is 2.11 bits per heavy atom. The molecule has 1 saturated heterocycles. The molecule has 3 rings (SSSR count). The molecule has 0 bridgehead atoms. The SMILES string of the molecule is N=C(N)CC(=O)OCc1cccc(-c2cnc(N3CC(F)C3)c(F)c2)c1F. The van der Waals surface area contributed by atoms with Crippen LogP contribution in [0, 0.1) is 17.0 Å². The van der Waals surface area contributed by atoms with Gasteiger partial charge in [0.1, 0.15) is 30.9 Å². The summed E-state index contributed by atoms with van der Waals surface area (Å²) in [5.74, 6) is -2.41. The first-order valence-corrected chi connectivity index (χ1v) is 8.16. The quantitative estimate of drug-likeness (QED) is 0.458. The number of nitrogens with one attached hydrogen (secondary N) is 1. The smallest absolute Gasteiger partial charge is 0.313 e. The van der Waals surface area contributed by atoms with Crippen molar-refractivity contribution >= 4 is 17.6 Å². The number of carbonyl (C=O) groups is 1. The van der Waals surface area contributed by atoms with Crippen molar-refractivity contribution in [1.82, 2.24) is 4.98 Å². The molecule has 0 aliphatic carbocycles. The lowest BCUT2D eigenvalue weighted by Gasteiger charge is -2.35. The van der Waals surface area contributed by atoms with Crippen molar-refractivity contribution in [1.29, 1.82) is 5.41 Å². The van der Waals surface area contributed by atoms with E-state index in [1.165, 1.54) is 23.2 Å². The number of ether oxygens (including phenoxy) is 1. The molecular weight excluding hydrogens is 361 g/mol. The molecule has 1 fully saturated rings. The molecule has 0 atom stereocenters. The molecule has 1 aromatic carbocycles. The number of esters is 1. The summed E-state index contributed by atoms with van der Waals surface area (Å²) in [6, 6.07) is 5.56. The summed E-state index contributed by atoms with van der Waals surface area (Å²) in [6.07, 6.45) is -0.0621. The maximum atomic E-state index is 14.7. The highest BCUT2D eigenvalue weighted by atomic mass is 19.1. The van der Waals surface area contributed by atoms with Gasteiger partial charge in [-0.2, -0.15) is 0 Å². The Hall–Kier alpha value is -3.10. The van der Waals surface area contributed by atoms with Crippen LogP contribution in [0.3, 0.4) is 0 Å². The number of amidine groups is 1. The number of pyridine rings is 1. The monoisotopic (exact) mass is 378 g/mol. The molecule has 0 radical (unpaired) electrons. The lowest BCUT2D eigenvalue weighted by atomic mass is 10.0. The van der Waals surface area contributed by atoms with E-state index in [1.807, 2.05) is 0 Å². The van der Waals surface area contributed by atoms with Gasteiger partial charge in [-0.1, -0.05) is 18.2 Å². The molecule has 0 unspecified atom stereocenters. The average Bonchev–Trinajstić information content (AvgIpc) is 2.58. The number of benzene rings is 1. The van der Waals surface area contributed by atoms with Gasteiger partial charge in [-0.05, 0) is 6.07 Å². The Balaban J connectivity index is 1.78. The third-order valence-electron chi connectivity index (χ3n) is 4.07. The second-order valence-corrected chi connectivity index (χ2v) is 6.17. The second kappa shape index (κ2) is 7.65. The normalized spacial score (nSPS) is 14.0. The zero-order chi connectivity index (χ0) is 19.6. The molecule has 0 amide bonds. The van der Waals surface area contributed by atoms with Crippen LogP contribution in [0.4, 0.5) is 19.0 Å². The topological polar surface area (TPSA) is 92.3 Å². The molecule has 3 N–H and O–H groups in total. The summed E-state index contributed by atoms with van der Waals surface area (Å²) in [6.45, 7) is -0.178. The van der Waals surface area contributed by atoms with Gasteiger partial charge in [0.05, 0.1) is 13.1 Å². The summed E-state index contributed by atoms with van der Waals surface area (Å²) in [4.78, 5) is 16.9. The molecule has 1 aliphatic heterocycles. The minimum Gasteiger partial charge on any atom is -0.460 e. The van der Waals surface area contributed by atoms with Gasteiger partial charge >= 0.3 is 5.97 Å². The number of nitrogens with two attached hydrogens (primary N) is 1. The first-order valence-electron chi connectivity index (χ1n) is 8.16. The zero-order valence-corrected chi connectivity index (χ0v) is 14.2. The van der Waals surface area contributed by atoms with Crippen LogP contribution in [0.25, 0.3) is 11.1 Å². The molecule has 6 nitrogen and oxygen atoms in total. The van der Waals surface area contributed by atoms with Gasteiger partial charge in [-0.15, -0.1) is 0 Å². The van der Waals surface area contributed by atoms with Gasteiger partial charge in [0, 0.05) is 22.9 Å². The second-order valence-electron chi connectivity index (χ2n) is 6.17. The largest absolute Gasteiger partial charge is 0.460 e. The van der Waals surface area contributed by atoms with Crippen molar-refractivity contribution in [2.45, 2.75) is 19.2 Å². The maximum absolute atomic E-state index is 14.7. The number of hydrogen-bond acceptors (Lipinski definition) is 5. The van der Waals surface area contributed by atoms with Crippen molar-refractivity contribution in [3.63, 3.8) is 0 Å². The number of nitrogens with zero attached hydrogens (tertiary/aromatic N) is 2. The molecular formula is C18H17F3N4O2. The summed E-state index contributed by atoms with van der Waals surface area (Å²) < 4.78 is 46.8. The van der Waals surface area contributed by atoms with Gasteiger partial charge in [0.2, 0.25) is 0 Å². The third-order valence-corrected chi connectivity index (χ3v) is 4.07. The Kier molecular flexibility index (Phi) is 5.29. The fourth-order valence-corrected chi connectivity index (χ4v) is 2.69. The first kappa shape index (κ1) is 18.7. The minimum absolute atomic E-state index is 0.0300. The highest BCUT2D eigenvalue weighted by Crippen LogP contribution is 2.30. The van der Waals surface area contributed by atoms with Crippen LogP contribution in [0.2, 0.25) is 0 Å². The molecule has 142 valence electrons. The number of aromatic nitrogens is 1. The van der Waals surface area contributed by atoms with Crippen LogP contribution in [-0.4, -0.2) is 36.1 Å². The highest BCUT2D eigenvalue weighted by Gasteiger charge is 2.29. The lowest BCUT2D eigenvalue weighted by Crippen LogP contribution is -2.49. The fraction of sp³-hybridized carbons (Fsp3) is 0.278. The molecule has 27 heavy (non-hydrogen) atoms. The summed E-state index contributed by atoms with van der Waals surface area (Å²) >= 11 is 0. The maximum Gasteiger partial charge on any atom is 0.313 e. The summed E-state index contributed by atoms with van der Waals surface area (Å²) in [5, 5.41) is 7.03. The van der Waals surface area contributed by atoms with E-state index in [4.69, 9.17) is 15.9 Å². The van der Waals surface area contributed by atoms with Gasteiger partial charge in [-0.25, -0.2) is 18.2 Å². The van der Waals surface area contributed by atoms with Crippen LogP contribution in [0.5, 0.6) is 0 Å². The van der Waals surface area contributed by atoms with Gasteiger partial charge in [0.25, 0.3) is 0 Å². The lowest BCUT2D eigenvalue weighted by molar-refractivity contribution is -0.143. The number of rotatable bonds is 6. The Morgan fingerprint density at radius 1 is 1.37 bits per heavy atom. The Morgan fingerprint density at radius 3 is 2.74 bits per heavy atom. The minimum atomic E-state index is -0.995. The van der Waals surface area contributed by atoms with Gasteiger partial charge in [0.15, 0.2) is 11.6 Å².